The van der Waals surface area contributed by atoms with Crippen LogP contribution in [0, 0.1) is 0 Å². The molecule has 2 saturated heterocycles. The normalized spacial score (nSPS) is 36.3. The van der Waals surface area contributed by atoms with Crippen LogP contribution in [-0.4, -0.2) is 47.9 Å². The van der Waals surface area contributed by atoms with Crippen LogP contribution in [0.4, 0.5) is 0 Å². The maximum atomic E-state index is 12.0. The van der Waals surface area contributed by atoms with Gasteiger partial charge in [-0.2, -0.15) is 0 Å². The summed E-state index contributed by atoms with van der Waals surface area (Å²) in [7, 11) is 0. The minimum atomic E-state index is -1.00. The molecule has 0 aliphatic carbocycles. The van der Waals surface area contributed by atoms with Crippen molar-refractivity contribution < 1.29 is 24.2 Å². The highest BCUT2D eigenvalue weighted by molar-refractivity contribution is 5.83. The number of hydrogen-bond donors (Lipinski definition) is 2. The van der Waals surface area contributed by atoms with E-state index in [1.807, 2.05) is 6.92 Å². The Morgan fingerprint density at radius 2 is 2.06 bits per heavy atom. The lowest BCUT2D eigenvalue weighted by atomic mass is 9.94. The predicted octanol–water partition coefficient (Wildman–Crippen LogP) is 0.304. The molecule has 2 aliphatic rings. The van der Waals surface area contributed by atoms with E-state index in [4.69, 9.17) is 14.6 Å². The molecule has 0 saturated carbocycles. The maximum absolute atomic E-state index is 12.0. The van der Waals surface area contributed by atoms with Crippen LogP contribution < -0.4 is 5.32 Å². The zero-order chi connectivity index (χ0) is 13.2. The van der Waals surface area contributed by atoms with Crippen LogP contribution in [0.15, 0.2) is 0 Å². The molecule has 0 bridgehead atoms. The second-order valence-corrected chi connectivity index (χ2v) is 5.24. The number of rotatable bonds is 3. The Hall–Kier alpha value is -1.14. The SMILES string of the molecule is CC1(NC(=O)[C@@H]2CC[C@H](C(=O)O)O2)CCCOC1. The fourth-order valence-corrected chi connectivity index (χ4v) is 2.42. The summed E-state index contributed by atoms with van der Waals surface area (Å²) >= 11 is 0. The summed E-state index contributed by atoms with van der Waals surface area (Å²) in [6.45, 7) is 3.16. The third kappa shape index (κ3) is 3.00. The molecule has 0 spiro atoms. The summed E-state index contributed by atoms with van der Waals surface area (Å²) in [5.41, 5.74) is -0.361. The van der Waals surface area contributed by atoms with E-state index < -0.39 is 18.2 Å². The number of hydrogen-bond acceptors (Lipinski definition) is 4. The average molecular weight is 257 g/mol. The maximum Gasteiger partial charge on any atom is 0.332 e. The van der Waals surface area contributed by atoms with Crippen molar-refractivity contribution in [3.05, 3.63) is 0 Å². The van der Waals surface area contributed by atoms with Gasteiger partial charge < -0.3 is 19.9 Å². The number of nitrogens with one attached hydrogen (secondary N) is 1. The van der Waals surface area contributed by atoms with Gasteiger partial charge in [0, 0.05) is 6.61 Å². The minimum absolute atomic E-state index is 0.230. The molecule has 0 radical (unpaired) electrons. The number of amides is 1. The third-order valence-electron chi connectivity index (χ3n) is 3.45. The molecule has 0 aromatic rings. The quantitative estimate of drug-likeness (QED) is 0.759. The van der Waals surface area contributed by atoms with E-state index in [-0.39, 0.29) is 11.4 Å². The lowest BCUT2D eigenvalue weighted by molar-refractivity contribution is -0.152. The molecule has 2 rings (SSSR count). The molecule has 1 unspecified atom stereocenters. The monoisotopic (exact) mass is 257 g/mol. The third-order valence-corrected chi connectivity index (χ3v) is 3.45. The van der Waals surface area contributed by atoms with E-state index in [2.05, 4.69) is 5.32 Å². The van der Waals surface area contributed by atoms with E-state index in [9.17, 15) is 9.59 Å². The standard InChI is InChI=1S/C12H19NO5/c1-12(5-2-6-17-7-12)13-10(14)8-3-4-9(18-8)11(15)16/h8-9H,2-7H2,1H3,(H,13,14)(H,15,16)/t8-,9+,12?/m0/s1. The van der Waals surface area contributed by atoms with Crippen molar-refractivity contribution in [1.82, 2.24) is 5.32 Å². The van der Waals surface area contributed by atoms with Crippen LogP contribution in [0.2, 0.25) is 0 Å². The molecular weight excluding hydrogens is 238 g/mol. The molecule has 2 fully saturated rings. The van der Waals surface area contributed by atoms with Gasteiger partial charge in [-0.15, -0.1) is 0 Å². The second kappa shape index (κ2) is 5.24. The highest BCUT2D eigenvalue weighted by Crippen LogP contribution is 2.23. The van der Waals surface area contributed by atoms with Crippen molar-refractivity contribution in [3.63, 3.8) is 0 Å². The lowest BCUT2D eigenvalue weighted by Crippen LogP contribution is -2.54. The molecule has 0 aromatic carbocycles. The van der Waals surface area contributed by atoms with Crippen molar-refractivity contribution >= 4 is 11.9 Å². The van der Waals surface area contributed by atoms with E-state index in [0.29, 0.717) is 19.4 Å². The molecule has 0 aromatic heterocycles. The fraction of sp³-hybridized carbons (Fsp3) is 0.833. The van der Waals surface area contributed by atoms with Crippen molar-refractivity contribution in [1.29, 1.82) is 0 Å². The van der Waals surface area contributed by atoms with Crippen LogP contribution in [0.1, 0.15) is 32.6 Å². The van der Waals surface area contributed by atoms with E-state index in [1.54, 1.807) is 0 Å². The summed E-state index contributed by atoms with van der Waals surface area (Å²) in [6, 6.07) is 0. The summed E-state index contributed by atoms with van der Waals surface area (Å²) in [5.74, 6) is -1.23. The molecule has 2 N–H and O–H groups in total. The van der Waals surface area contributed by atoms with Crippen LogP contribution in [0.3, 0.4) is 0 Å². The largest absolute Gasteiger partial charge is 0.479 e. The summed E-state index contributed by atoms with van der Waals surface area (Å²) < 4.78 is 10.6. The first kappa shape index (κ1) is 13.3. The average Bonchev–Trinajstić information content (AvgIpc) is 2.78. The van der Waals surface area contributed by atoms with Crippen LogP contribution >= 0.6 is 0 Å². The van der Waals surface area contributed by atoms with Gasteiger partial charge in [-0.25, -0.2) is 4.79 Å². The Bertz CT molecular complexity index is 337. The topological polar surface area (TPSA) is 84.9 Å². The lowest BCUT2D eigenvalue weighted by Gasteiger charge is -2.35. The molecule has 2 aliphatic heterocycles. The molecule has 2 heterocycles. The number of carbonyl (C=O) groups is 2. The first-order valence-electron chi connectivity index (χ1n) is 6.28. The van der Waals surface area contributed by atoms with E-state index in [1.165, 1.54) is 0 Å². The number of carbonyl (C=O) groups excluding carboxylic acids is 1. The van der Waals surface area contributed by atoms with Crippen LogP contribution in [0.5, 0.6) is 0 Å². The highest BCUT2D eigenvalue weighted by atomic mass is 16.5. The van der Waals surface area contributed by atoms with Gasteiger partial charge in [-0.05, 0) is 32.6 Å². The molecule has 6 heteroatoms. The Morgan fingerprint density at radius 1 is 1.33 bits per heavy atom. The van der Waals surface area contributed by atoms with Gasteiger partial charge in [-0.3, -0.25) is 4.79 Å². The Labute approximate surface area is 106 Å². The van der Waals surface area contributed by atoms with Crippen LogP contribution in [-0.2, 0) is 19.1 Å². The molecular formula is C12H19NO5. The fourth-order valence-electron chi connectivity index (χ4n) is 2.42. The molecule has 3 atom stereocenters. The van der Waals surface area contributed by atoms with Crippen LogP contribution in [0.25, 0.3) is 0 Å². The van der Waals surface area contributed by atoms with Crippen molar-refractivity contribution in [2.75, 3.05) is 13.2 Å². The predicted molar refractivity (Wildman–Crippen MR) is 62.1 cm³/mol. The summed E-state index contributed by atoms with van der Waals surface area (Å²) in [6.07, 6.45) is 1.13. The van der Waals surface area contributed by atoms with Gasteiger partial charge in [0.2, 0.25) is 5.91 Å². The minimum Gasteiger partial charge on any atom is -0.479 e. The molecule has 6 nitrogen and oxygen atoms in total. The Morgan fingerprint density at radius 3 is 2.61 bits per heavy atom. The number of carboxylic acid groups (broad SMARTS) is 1. The summed E-state index contributed by atoms with van der Waals surface area (Å²) in [5, 5.41) is 11.7. The van der Waals surface area contributed by atoms with Gasteiger partial charge >= 0.3 is 5.97 Å². The van der Waals surface area contributed by atoms with Gasteiger partial charge in [0.25, 0.3) is 0 Å². The second-order valence-electron chi connectivity index (χ2n) is 5.24. The van der Waals surface area contributed by atoms with Gasteiger partial charge in [0.15, 0.2) is 6.10 Å². The van der Waals surface area contributed by atoms with Gasteiger partial charge in [0.05, 0.1) is 12.1 Å². The summed E-state index contributed by atoms with van der Waals surface area (Å²) in [4.78, 5) is 22.7. The Balaban J connectivity index is 1.87. The zero-order valence-corrected chi connectivity index (χ0v) is 10.5. The van der Waals surface area contributed by atoms with Crippen molar-refractivity contribution in [2.24, 2.45) is 0 Å². The smallest absolute Gasteiger partial charge is 0.332 e. The number of carboxylic acids is 1. The number of aliphatic carboxylic acids is 1. The van der Waals surface area contributed by atoms with Gasteiger partial charge in [-0.1, -0.05) is 0 Å². The first-order chi connectivity index (χ1) is 8.50. The van der Waals surface area contributed by atoms with E-state index in [0.717, 1.165) is 19.4 Å². The van der Waals surface area contributed by atoms with Crippen molar-refractivity contribution in [3.8, 4) is 0 Å². The molecule has 18 heavy (non-hydrogen) atoms. The first-order valence-corrected chi connectivity index (χ1v) is 6.28. The zero-order valence-electron chi connectivity index (χ0n) is 10.5. The Kier molecular flexibility index (Phi) is 3.87. The molecule has 1 amide bonds. The van der Waals surface area contributed by atoms with Crippen molar-refractivity contribution in [2.45, 2.75) is 50.4 Å². The highest BCUT2D eigenvalue weighted by Gasteiger charge is 2.38. The van der Waals surface area contributed by atoms with Gasteiger partial charge in [0.1, 0.15) is 6.10 Å². The molecule has 102 valence electrons. The number of ether oxygens (including phenoxy) is 2. The van der Waals surface area contributed by atoms with E-state index >= 15 is 0 Å².